The zero-order chi connectivity index (χ0) is 16.2. The first kappa shape index (κ1) is 16.8. The zero-order valence-electron chi connectivity index (χ0n) is 11.5. The van der Waals surface area contributed by atoms with Crippen molar-refractivity contribution in [2.45, 2.75) is 23.4 Å². The van der Waals surface area contributed by atoms with Crippen LogP contribution in [0.5, 0.6) is 0 Å². The van der Waals surface area contributed by atoms with Crippen LogP contribution in [-0.4, -0.2) is 22.0 Å². The monoisotopic (exact) mass is 343 g/mol. The maximum Gasteiger partial charge on any atom is 0.408 e. The maximum absolute atomic E-state index is 13.5. The van der Waals surface area contributed by atoms with Crippen molar-refractivity contribution < 1.29 is 13.2 Å². The summed E-state index contributed by atoms with van der Waals surface area (Å²) in [6.45, 7) is 1.87. The average Bonchev–Trinajstić information content (AvgIpc) is 2.94. The zero-order valence-corrected chi connectivity index (χ0v) is 13.2. The molecule has 0 aliphatic carbocycles. The Hall–Kier alpha value is -1.56. The average molecular weight is 343 g/mol. The van der Waals surface area contributed by atoms with Gasteiger partial charge in [0.2, 0.25) is 0 Å². The van der Waals surface area contributed by atoms with Gasteiger partial charge in [-0.1, -0.05) is 48.6 Å². The molecule has 116 valence electrons. The molecular weight excluding hydrogens is 331 g/mol. The van der Waals surface area contributed by atoms with Gasteiger partial charge in [0.1, 0.15) is 12.1 Å². The minimum absolute atomic E-state index is 0.189. The van der Waals surface area contributed by atoms with Crippen molar-refractivity contribution in [2.24, 2.45) is 0 Å². The van der Waals surface area contributed by atoms with E-state index in [4.69, 9.17) is 5.26 Å². The van der Waals surface area contributed by atoms with E-state index in [9.17, 15) is 13.2 Å². The summed E-state index contributed by atoms with van der Waals surface area (Å²) in [6, 6.07) is 7.97. The van der Waals surface area contributed by atoms with Crippen molar-refractivity contribution in [1.29, 1.82) is 5.26 Å². The molecule has 8 heteroatoms. The molecule has 1 heterocycles. The van der Waals surface area contributed by atoms with E-state index in [2.05, 4.69) is 4.98 Å². The second kappa shape index (κ2) is 7.13. The van der Waals surface area contributed by atoms with Gasteiger partial charge < -0.3 is 0 Å². The van der Waals surface area contributed by atoms with Crippen molar-refractivity contribution in [3.63, 3.8) is 0 Å². The van der Waals surface area contributed by atoms with E-state index < -0.39 is 12.2 Å². The lowest BCUT2D eigenvalue weighted by Gasteiger charge is -2.30. The van der Waals surface area contributed by atoms with Gasteiger partial charge in [-0.25, -0.2) is 9.29 Å². The van der Waals surface area contributed by atoms with E-state index in [0.717, 1.165) is 23.3 Å². The first-order valence-electron chi connectivity index (χ1n) is 6.38. The first-order chi connectivity index (χ1) is 10.5. The van der Waals surface area contributed by atoms with Crippen LogP contribution in [0.15, 0.2) is 40.7 Å². The summed E-state index contributed by atoms with van der Waals surface area (Å²) >= 11 is 2.05. The lowest BCUT2D eigenvalue weighted by molar-refractivity contribution is -0.172. The highest BCUT2D eigenvalue weighted by atomic mass is 32.2. The van der Waals surface area contributed by atoms with Gasteiger partial charge in [0, 0.05) is 6.54 Å². The highest BCUT2D eigenvalue weighted by Crippen LogP contribution is 2.43. The Balaban J connectivity index is 2.30. The van der Waals surface area contributed by atoms with Crippen LogP contribution in [0.2, 0.25) is 0 Å². The summed E-state index contributed by atoms with van der Waals surface area (Å²) in [5.41, 5.74) is 0.189. The van der Waals surface area contributed by atoms with Gasteiger partial charge in [0.05, 0.1) is 10.4 Å². The molecule has 1 aromatic heterocycles. The number of halogens is 3. The summed E-state index contributed by atoms with van der Waals surface area (Å²) in [4.78, 5) is 3.84. The molecule has 1 aromatic carbocycles. The Morgan fingerprint density at radius 1 is 1.36 bits per heavy atom. The van der Waals surface area contributed by atoms with Gasteiger partial charge in [0.15, 0.2) is 5.01 Å². The fourth-order valence-corrected chi connectivity index (χ4v) is 3.85. The first-order valence-corrected chi connectivity index (χ1v) is 7.97. The van der Waals surface area contributed by atoms with Crippen molar-refractivity contribution >= 4 is 23.3 Å². The molecule has 0 unspecified atom stereocenters. The second-order valence-electron chi connectivity index (χ2n) is 4.28. The Kier molecular flexibility index (Phi) is 5.45. The minimum atomic E-state index is -4.40. The summed E-state index contributed by atoms with van der Waals surface area (Å²) in [5, 5.41) is 8.99. The summed E-state index contributed by atoms with van der Waals surface area (Å²) in [5.74, 6) is 0. The van der Waals surface area contributed by atoms with Gasteiger partial charge in [-0.05, 0) is 17.5 Å². The van der Waals surface area contributed by atoms with E-state index in [1.807, 2.05) is 6.07 Å². The number of hydrogen-bond donors (Lipinski definition) is 0. The summed E-state index contributed by atoms with van der Waals surface area (Å²) in [7, 11) is 0. The third-order valence-corrected chi connectivity index (χ3v) is 4.97. The molecule has 0 aliphatic rings. The molecular formula is C14H12F3N3S2. The van der Waals surface area contributed by atoms with Crippen molar-refractivity contribution in [3.05, 3.63) is 47.1 Å². The SMILES string of the molecule is CCN(Sc1cnc(C#N)s1)[C@H](c1ccccc1)C(F)(F)F. The van der Waals surface area contributed by atoms with Crippen molar-refractivity contribution in [3.8, 4) is 6.07 Å². The van der Waals surface area contributed by atoms with Crippen molar-refractivity contribution in [2.75, 3.05) is 6.54 Å². The summed E-state index contributed by atoms with van der Waals surface area (Å²) < 4.78 is 42.3. The van der Waals surface area contributed by atoms with Crippen LogP contribution in [0.4, 0.5) is 13.2 Å². The predicted octanol–water partition coefficient (Wildman–Crippen LogP) is 4.65. The normalized spacial score (nSPS) is 13.1. The largest absolute Gasteiger partial charge is 0.408 e. The van der Waals surface area contributed by atoms with E-state index in [1.165, 1.54) is 22.6 Å². The molecule has 0 saturated heterocycles. The van der Waals surface area contributed by atoms with Crippen LogP contribution in [0.3, 0.4) is 0 Å². The number of hydrogen-bond acceptors (Lipinski definition) is 5. The number of rotatable bonds is 5. The quantitative estimate of drug-likeness (QED) is 0.741. The van der Waals surface area contributed by atoms with E-state index >= 15 is 0 Å². The predicted molar refractivity (Wildman–Crippen MR) is 80.3 cm³/mol. The molecule has 22 heavy (non-hydrogen) atoms. The Labute approximate surface area is 134 Å². The van der Waals surface area contributed by atoms with Gasteiger partial charge in [-0.2, -0.15) is 18.4 Å². The van der Waals surface area contributed by atoms with Gasteiger partial charge in [-0.3, -0.25) is 0 Å². The third kappa shape index (κ3) is 4.00. The number of nitriles is 1. The van der Waals surface area contributed by atoms with Crippen LogP contribution >= 0.6 is 23.3 Å². The van der Waals surface area contributed by atoms with E-state index in [0.29, 0.717) is 4.21 Å². The molecule has 0 spiro atoms. The Morgan fingerprint density at radius 3 is 2.55 bits per heavy atom. The molecule has 0 saturated carbocycles. The van der Waals surface area contributed by atoms with Gasteiger partial charge in [0.25, 0.3) is 0 Å². The lowest BCUT2D eigenvalue weighted by atomic mass is 10.1. The third-order valence-electron chi connectivity index (χ3n) is 2.81. The second-order valence-corrected chi connectivity index (χ2v) is 6.66. The number of alkyl halides is 3. The molecule has 0 fully saturated rings. The minimum Gasteiger partial charge on any atom is -0.233 e. The topological polar surface area (TPSA) is 39.9 Å². The standard InChI is InChI=1S/C14H12F3N3S2/c1-2-20(22-12-9-19-11(8-18)21-12)13(14(15,16)17)10-6-4-3-5-7-10/h3-7,9,13H,2H2,1H3/t13-/m1/s1. The molecule has 0 amide bonds. The van der Waals surface area contributed by atoms with Crippen LogP contribution < -0.4 is 0 Å². The highest BCUT2D eigenvalue weighted by molar-refractivity contribution is 7.98. The molecule has 2 rings (SSSR count). The molecule has 0 N–H and O–H groups in total. The number of aromatic nitrogens is 1. The Morgan fingerprint density at radius 2 is 2.05 bits per heavy atom. The number of benzene rings is 1. The van der Waals surface area contributed by atoms with Gasteiger partial charge >= 0.3 is 6.18 Å². The lowest BCUT2D eigenvalue weighted by Crippen LogP contribution is -2.34. The fourth-order valence-electron chi connectivity index (χ4n) is 1.92. The Bertz CT molecular complexity index is 649. The van der Waals surface area contributed by atoms with E-state index in [1.54, 1.807) is 25.1 Å². The number of thiazole rings is 1. The van der Waals surface area contributed by atoms with Crippen LogP contribution in [0.25, 0.3) is 0 Å². The smallest absolute Gasteiger partial charge is 0.233 e. The molecule has 2 aromatic rings. The molecule has 0 aliphatic heterocycles. The molecule has 1 atom stereocenters. The number of nitrogens with zero attached hydrogens (tertiary/aromatic N) is 3. The fraction of sp³-hybridized carbons (Fsp3) is 0.286. The molecule has 0 bridgehead atoms. The van der Waals surface area contributed by atoms with Crippen LogP contribution in [0.1, 0.15) is 23.5 Å². The van der Waals surface area contributed by atoms with Crippen LogP contribution in [-0.2, 0) is 0 Å². The highest BCUT2D eigenvalue weighted by Gasteiger charge is 2.44. The maximum atomic E-state index is 13.5. The van der Waals surface area contributed by atoms with Gasteiger partial charge in [-0.15, -0.1) is 0 Å². The van der Waals surface area contributed by atoms with E-state index in [-0.39, 0.29) is 17.1 Å². The summed E-state index contributed by atoms with van der Waals surface area (Å²) in [6.07, 6.45) is -2.97. The van der Waals surface area contributed by atoms with Crippen molar-refractivity contribution in [1.82, 2.24) is 9.29 Å². The van der Waals surface area contributed by atoms with Crippen LogP contribution in [0, 0.1) is 11.3 Å². The molecule has 3 nitrogen and oxygen atoms in total. The molecule has 0 radical (unpaired) electrons.